The van der Waals surface area contributed by atoms with Crippen LogP contribution in [-0.2, 0) is 6.54 Å². The van der Waals surface area contributed by atoms with E-state index in [0.29, 0.717) is 24.7 Å². The molecule has 0 spiro atoms. The predicted octanol–water partition coefficient (Wildman–Crippen LogP) is 2.84. The van der Waals surface area contributed by atoms with E-state index in [1.165, 1.54) is 12.8 Å². The van der Waals surface area contributed by atoms with Gasteiger partial charge in [0.2, 0.25) is 0 Å². The van der Waals surface area contributed by atoms with Crippen LogP contribution in [0.1, 0.15) is 81.4 Å². The molecule has 1 aliphatic carbocycles. The van der Waals surface area contributed by atoms with Crippen LogP contribution in [0.4, 0.5) is 0 Å². The van der Waals surface area contributed by atoms with Crippen molar-refractivity contribution in [1.82, 2.24) is 15.1 Å². The first-order valence-corrected chi connectivity index (χ1v) is 8.53. The van der Waals surface area contributed by atoms with Gasteiger partial charge in [0.25, 0.3) is 5.91 Å². The minimum atomic E-state index is -0.746. The Hall–Kier alpha value is -1.36. The second kappa shape index (κ2) is 7.27. The zero-order valence-corrected chi connectivity index (χ0v) is 14.1. The molecule has 1 heterocycles. The topological polar surface area (TPSA) is 67.2 Å². The summed E-state index contributed by atoms with van der Waals surface area (Å²) in [6, 6.07) is 1.86. The lowest BCUT2D eigenvalue weighted by atomic mass is 9.94. The van der Waals surface area contributed by atoms with Gasteiger partial charge >= 0.3 is 0 Å². The molecule has 1 amide bonds. The van der Waals surface area contributed by atoms with E-state index in [1.807, 2.05) is 13.0 Å². The number of carbonyl (C=O) groups is 1. The lowest BCUT2D eigenvalue weighted by molar-refractivity contribution is 0.0245. The maximum Gasteiger partial charge on any atom is 0.269 e. The number of aromatic nitrogens is 2. The standard InChI is InChI=1S/C17H29N3O2/c1-4-20-15(11-14(19-20)13(2)3)16(21)18-12-17(22)9-7-5-6-8-10-17/h11,13,22H,4-10,12H2,1-3H3,(H,18,21). The number of amides is 1. The largest absolute Gasteiger partial charge is 0.388 e. The molecule has 0 atom stereocenters. The quantitative estimate of drug-likeness (QED) is 0.822. The van der Waals surface area contributed by atoms with Crippen LogP contribution < -0.4 is 5.32 Å². The van der Waals surface area contributed by atoms with Crippen LogP contribution in [0.25, 0.3) is 0 Å². The molecule has 0 unspecified atom stereocenters. The zero-order valence-electron chi connectivity index (χ0n) is 14.1. The summed E-state index contributed by atoms with van der Waals surface area (Å²) in [5.41, 5.74) is 0.771. The Bertz CT molecular complexity index is 500. The SMILES string of the molecule is CCn1nc(C(C)C)cc1C(=O)NCC1(O)CCCCCC1. The first-order valence-electron chi connectivity index (χ1n) is 8.53. The van der Waals surface area contributed by atoms with Crippen molar-refractivity contribution in [3.05, 3.63) is 17.5 Å². The number of aliphatic hydroxyl groups is 1. The highest BCUT2D eigenvalue weighted by Crippen LogP contribution is 2.26. The summed E-state index contributed by atoms with van der Waals surface area (Å²) < 4.78 is 1.74. The van der Waals surface area contributed by atoms with Gasteiger partial charge in [-0.1, -0.05) is 39.5 Å². The fourth-order valence-electron chi connectivity index (χ4n) is 3.04. The Morgan fingerprint density at radius 3 is 2.55 bits per heavy atom. The molecule has 1 fully saturated rings. The maximum absolute atomic E-state index is 12.4. The highest BCUT2D eigenvalue weighted by atomic mass is 16.3. The smallest absolute Gasteiger partial charge is 0.269 e. The third-order valence-electron chi connectivity index (χ3n) is 4.53. The first-order chi connectivity index (χ1) is 10.4. The van der Waals surface area contributed by atoms with Gasteiger partial charge in [-0.25, -0.2) is 0 Å². The summed E-state index contributed by atoms with van der Waals surface area (Å²) >= 11 is 0. The van der Waals surface area contributed by atoms with Crippen LogP contribution >= 0.6 is 0 Å². The van der Waals surface area contributed by atoms with E-state index in [9.17, 15) is 9.90 Å². The fraction of sp³-hybridized carbons (Fsp3) is 0.765. The molecule has 1 aromatic heterocycles. The number of hydrogen-bond acceptors (Lipinski definition) is 3. The number of hydrogen-bond donors (Lipinski definition) is 2. The molecular formula is C17H29N3O2. The van der Waals surface area contributed by atoms with Crippen molar-refractivity contribution in [2.45, 2.75) is 77.4 Å². The summed E-state index contributed by atoms with van der Waals surface area (Å²) in [5, 5.41) is 18.0. The van der Waals surface area contributed by atoms with Gasteiger partial charge in [0, 0.05) is 13.1 Å². The third kappa shape index (κ3) is 4.09. The Morgan fingerprint density at radius 1 is 1.36 bits per heavy atom. The zero-order chi connectivity index (χ0) is 16.2. The summed E-state index contributed by atoms with van der Waals surface area (Å²) in [4.78, 5) is 12.4. The van der Waals surface area contributed by atoms with E-state index in [2.05, 4.69) is 24.3 Å². The van der Waals surface area contributed by atoms with E-state index in [4.69, 9.17) is 0 Å². The van der Waals surface area contributed by atoms with Gasteiger partial charge in [0.15, 0.2) is 0 Å². The van der Waals surface area contributed by atoms with Gasteiger partial charge in [-0.15, -0.1) is 0 Å². The van der Waals surface area contributed by atoms with E-state index < -0.39 is 5.60 Å². The van der Waals surface area contributed by atoms with Crippen LogP contribution in [0.2, 0.25) is 0 Å². The Morgan fingerprint density at radius 2 is 2.00 bits per heavy atom. The molecule has 2 rings (SSSR count). The summed E-state index contributed by atoms with van der Waals surface area (Å²) in [6.07, 6.45) is 5.98. The van der Waals surface area contributed by atoms with Crippen molar-refractivity contribution in [3.8, 4) is 0 Å². The molecule has 22 heavy (non-hydrogen) atoms. The minimum absolute atomic E-state index is 0.140. The molecule has 0 aliphatic heterocycles. The van der Waals surface area contributed by atoms with Crippen molar-refractivity contribution in [2.24, 2.45) is 0 Å². The summed E-state index contributed by atoms with van der Waals surface area (Å²) in [6.45, 7) is 7.11. The van der Waals surface area contributed by atoms with Crippen LogP contribution in [0.5, 0.6) is 0 Å². The summed E-state index contributed by atoms with van der Waals surface area (Å²) in [7, 11) is 0. The van der Waals surface area contributed by atoms with Gasteiger partial charge in [0.05, 0.1) is 11.3 Å². The number of nitrogens with one attached hydrogen (secondary N) is 1. The molecule has 1 aromatic rings. The Kier molecular flexibility index (Phi) is 5.62. The van der Waals surface area contributed by atoms with Crippen molar-refractivity contribution < 1.29 is 9.90 Å². The molecule has 124 valence electrons. The molecule has 2 N–H and O–H groups in total. The Labute approximate surface area is 133 Å². The van der Waals surface area contributed by atoms with Crippen LogP contribution in [0.15, 0.2) is 6.07 Å². The normalized spacial score (nSPS) is 18.2. The van der Waals surface area contributed by atoms with Crippen molar-refractivity contribution in [3.63, 3.8) is 0 Å². The molecule has 0 bridgehead atoms. The summed E-state index contributed by atoms with van der Waals surface area (Å²) in [5.74, 6) is 0.157. The van der Waals surface area contributed by atoms with Crippen LogP contribution in [-0.4, -0.2) is 32.9 Å². The molecule has 0 aromatic carbocycles. The molecule has 1 aliphatic rings. The number of nitrogens with zero attached hydrogens (tertiary/aromatic N) is 2. The second-order valence-electron chi connectivity index (χ2n) is 6.75. The lowest BCUT2D eigenvalue weighted by Gasteiger charge is -2.26. The van der Waals surface area contributed by atoms with Gasteiger partial charge < -0.3 is 10.4 Å². The molecule has 0 radical (unpaired) electrons. The average molecular weight is 307 g/mol. The predicted molar refractivity (Wildman–Crippen MR) is 87.0 cm³/mol. The second-order valence-corrected chi connectivity index (χ2v) is 6.75. The fourth-order valence-corrected chi connectivity index (χ4v) is 3.04. The Balaban J connectivity index is 2.02. The van der Waals surface area contributed by atoms with Crippen molar-refractivity contribution in [2.75, 3.05) is 6.54 Å². The molecule has 1 saturated carbocycles. The third-order valence-corrected chi connectivity index (χ3v) is 4.53. The number of aryl methyl sites for hydroxylation is 1. The van der Waals surface area contributed by atoms with E-state index in [0.717, 1.165) is 31.4 Å². The number of rotatable bonds is 5. The average Bonchev–Trinajstić information content (AvgIpc) is 2.82. The van der Waals surface area contributed by atoms with Gasteiger partial charge in [-0.3, -0.25) is 9.48 Å². The first kappa shape index (κ1) is 17.0. The molecule has 5 nitrogen and oxygen atoms in total. The molecule has 5 heteroatoms. The maximum atomic E-state index is 12.4. The molecule has 0 saturated heterocycles. The lowest BCUT2D eigenvalue weighted by Crippen LogP contribution is -2.43. The van der Waals surface area contributed by atoms with E-state index in [-0.39, 0.29) is 5.91 Å². The van der Waals surface area contributed by atoms with Gasteiger partial charge in [-0.2, -0.15) is 5.10 Å². The van der Waals surface area contributed by atoms with Crippen molar-refractivity contribution >= 4 is 5.91 Å². The van der Waals surface area contributed by atoms with Crippen LogP contribution in [0, 0.1) is 0 Å². The van der Waals surface area contributed by atoms with Gasteiger partial charge in [0.1, 0.15) is 5.69 Å². The van der Waals surface area contributed by atoms with Crippen molar-refractivity contribution in [1.29, 1.82) is 0 Å². The highest BCUT2D eigenvalue weighted by Gasteiger charge is 2.29. The number of carbonyl (C=O) groups excluding carboxylic acids is 1. The minimum Gasteiger partial charge on any atom is -0.388 e. The van der Waals surface area contributed by atoms with Crippen LogP contribution in [0.3, 0.4) is 0 Å². The van der Waals surface area contributed by atoms with E-state index >= 15 is 0 Å². The molecular weight excluding hydrogens is 278 g/mol. The van der Waals surface area contributed by atoms with E-state index in [1.54, 1.807) is 4.68 Å². The monoisotopic (exact) mass is 307 g/mol. The highest BCUT2D eigenvalue weighted by molar-refractivity contribution is 5.92. The van der Waals surface area contributed by atoms with Gasteiger partial charge in [-0.05, 0) is 31.7 Å².